The van der Waals surface area contributed by atoms with E-state index in [4.69, 9.17) is 0 Å². The molecule has 1 N–H and O–H groups in total. The normalized spacial score (nSPS) is 21.3. The maximum atomic E-state index is 11.9. The van der Waals surface area contributed by atoms with Crippen LogP contribution < -0.4 is 10.2 Å². The van der Waals surface area contributed by atoms with Crippen LogP contribution in [0.3, 0.4) is 0 Å². The number of rotatable bonds is 2. The van der Waals surface area contributed by atoms with Crippen LogP contribution in [0.25, 0.3) is 0 Å². The van der Waals surface area contributed by atoms with Gasteiger partial charge in [0.2, 0.25) is 11.8 Å². The number of imide groups is 1. The van der Waals surface area contributed by atoms with Gasteiger partial charge in [-0.3, -0.25) is 14.6 Å². The van der Waals surface area contributed by atoms with Crippen LogP contribution in [0, 0.1) is 0 Å². The van der Waals surface area contributed by atoms with E-state index in [1.165, 1.54) is 4.90 Å². The summed E-state index contributed by atoms with van der Waals surface area (Å²) in [6.07, 6.45) is 5.40. The number of anilines is 1. The molecular formula is C15H19N3O2. The fourth-order valence-electron chi connectivity index (χ4n) is 2.93. The third-order valence-electron chi connectivity index (χ3n) is 4.07. The zero-order valence-electron chi connectivity index (χ0n) is 11.5. The van der Waals surface area contributed by atoms with Crippen LogP contribution in [0.1, 0.15) is 43.7 Å². The van der Waals surface area contributed by atoms with E-state index in [9.17, 15) is 9.59 Å². The molecule has 0 unspecified atom stereocenters. The van der Waals surface area contributed by atoms with Gasteiger partial charge in [-0.05, 0) is 44.5 Å². The Hall–Kier alpha value is -1.75. The molecule has 2 saturated heterocycles. The van der Waals surface area contributed by atoms with Crippen LogP contribution in [0.4, 0.5) is 5.69 Å². The average Bonchev–Trinajstić information content (AvgIpc) is 2.49. The van der Waals surface area contributed by atoms with Gasteiger partial charge in [0.1, 0.15) is 0 Å². The number of pyridine rings is 1. The monoisotopic (exact) mass is 273 g/mol. The van der Waals surface area contributed by atoms with Crippen molar-refractivity contribution < 1.29 is 9.59 Å². The first-order valence-corrected chi connectivity index (χ1v) is 7.28. The number of nitrogens with one attached hydrogen (secondary N) is 1. The highest BCUT2D eigenvalue weighted by atomic mass is 16.2. The molecule has 0 saturated carbocycles. The minimum atomic E-state index is -0.113. The van der Waals surface area contributed by atoms with Crippen LogP contribution in [-0.2, 0) is 9.59 Å². The molecule has 106 valence electrons. The van der Waals surface area contributed by atoms with Gasteiger partial charge in [0, 0.05) is 24.5 Å². The van der Waals surface area contributed by atoms with E-state index in [2.05, 4.69) is 10.3 Å². The number of amides is 2. The van der Waals surface area contributed by atoms with E-state index < -0.39 is 0 Å². The summed E-state index contributed by atoms with van der Waals surface area (Å²) in [7, 11) is 0. The summed E-state index contributed by atoms with van der Waals surface area (Å²) in [6, 6.07) is 3.81. The second kappa shape index (κ2) is 5.71. The van der Waals surface area contributed by atoms with E-state index in [1.54, 1.807) is 6.20 Å². The fraction of sp³-hybridized carbons (Fsp3) is 0.533. The number of carbonyl (C=O) groups is 2. The highest BCUT2D eigenvalue weighted by Crippen LogP contribution is 2.26. The van der Waals surface area contributed by atoms with E-state index in [0.717, 1.165) is 31.6 Å². The van der Waals surface area contributed by atoms with Crippen LogP contribution in [0.5, 0.6) is 0 Å². The van der Waals surface area contributed by atoms with Crippen molar-refractivity contribution in [1.82, 2.24) is 10.3 Å². The highest BCUT2D eigenvalue weighted by Gasteiger charge is 2.27. The Labute approximate surface area is 118 Å². The molecule has 20 heavy (non-hydrogen) atoms. The van der Waals surface area contributed by atoms with E-state index in [-0.39, 0.29) is 11.8 Å². The number of piperidine rings is 2. The van der Waals surface area contributed by atoms with Crippen molar-refractivity contribution in [2.75, 3.05) is 18.0 Å². The molecule has 0 aliphatic carbocycles. The molecule has 2 aliphatic heterocycles. The van der Waals surface area contributed by atoms with Crippen molar-refractivity contribution >= 4 is 17.5 Å². The molecule has 0 bridgehead atoms. The molecule has 0 atom stereocenters. The third-order valence-corrected chi connectivity index (χ3v) is 4.07. The molecule has 0 radical (unpaired) electrons. The van der Waals surface area contributed by atoms with E-state index >= 15 is 0 Å². The second-order valence-electron chi connectivity index (χ2n) is 5.44. The lowest BCUT2D eigenvalue weighted by molar-refractivity contribution is -0.129. The number of hydrogen-bond acceptors (Lipinski definition) is 4. The van der Waals surface area contributed by atoms with Crippen LogP contribution in [-0.4, -0.2) is 29.9 Å². The number of nitrogens with zero attached hydrogens (tertiary/aromatic N) is 2. The molecule has 5 nitrogen and oxygen atoms in total. The molecule has 3 heterocycles. The van der Waals surface area contributed by atoms with Gasteiger partial charge in [0.25, 0.3) is 0 Å². The van der Waals surface area contributed by atoms with E-state index in [1.807, 2.05) is 12.1 Å². The van der Waals surface area contributed by atoms with Crippen molar-refractivity contribution in [3.63, 3.8) is 0 Å². The Balaban J connectivity index is 1.78. The Kier molecular flexibility index (Phi) is 3.78. The molecule has 2 amide bonds. The maximum absolute atomic E-state index is 11.9. The Morgan fingerprint density at radius 2 is 1.80 bits per heavy atom. The van der Waals surface area contributed by atoms with Gasteiger partial charge < -0.3 is 5.32 Å². The van der Waals surface area contributed by atoms with Crippen molar-refractivity contribution in [3.05, 3.63) is 24.0 Å². The zero-order chi connectivity index (χ0) is 13.9. The largest absolute Gasteiger partial charge is 0.317 e. The van der Waals surface area contributed by atoms with Gasteiger partial charge in [-0.25, -0.2) is 4.90 Å². The number of carbonyl (C=O) groups excluding carboxylic acids is 2. The van der Waals surface area contributed by atoms with Gasteiger partial charge in [-0.15, -0.1) is 0 Å². The molecule has 2 fully saturated rings. The van der Waals surface area contributed by atoms with Crippen molar-refractivity contribution in [2.24, 2.45) is 0 Å². The lowest BCUT2D eigenvalue weighted by Gasteiger charge is -2.26. The SMILES string of the molecule is O=C1CCCC(=O)N1c1ccc(C2CCNCC2)nc1. The summed E-state index contributed by atoms with van der Waals surface area (Å²) < 4.78 is 0. The Morgan fingerprint density at radius 1 is 1.10 bits per heavy atom. The van der Waals surface area contributed by atoms with Crippen LogP contribution in [0.2, 0.25) is 0 Å². The second-order valence-corrected chi connectivity index (χ2v) is 5.44. The first-order valence-electron chi connectivity index (χ1n) is 7.28. The maximum Gasteiger partial charge on any atom is 0.233 e. The van der Waals surface area contributed by atoms with Crippen molar-refractivity contribution in [3.8, 4) is 0 Å². The molecule has 1 aromatic heterocycles. The number of aromatic nitrogens is 1. The summed E-state index contributed by atoms with van der Waals surface area (Å²) in [5.74, 6) is 0.258. The first kappa shape index (κ1) is 13.2. The fourth-order valence-corrected chi connectivity index (χ4v) is 2.93. The zero-order valence-corrected chi connectivity index (χ0v) is 11.5. The summed E-state index contributed by atoms with van der Waals surface area (Å²) >= 11 is 0. The molecule has 5 heteroatoms. The lowest BCUT2D eigenvalue weighted by Crippen LogP contribution is -2.40. The van der Waals surface area contributed by atoms with E-state index in [0.29, 0.717) is 30.9 Å². The smallest absolute Gasteiger partial charge is 0.233 e. The first-order chi connectivity index (χ1) is 9.75. The molecular weight excluding hydrogens is 254 g/mol. The highest BCUT2D eigenvalue weighted by molar-refractivity contribution is 6.16. The Morgan fingerprint density at radius 3 is 2.40 bits per heavy atom. The van der Waals surface area contributed by atoms with Gasteiger partial charge in [0.05, 0.1) is 11.9 Å². The quantitative estimate of drug-likeness (QED) is 0.831. The lowest BCUT2D eigenvalue weighted by atomic mass is 9.94. The molecule has 3 rings (SSSR count). The molecule has 1 aromatic rings. The van der Waals surface area contributed by atoms with Crippen LogP contribution in [0.15, 0.2) is 18.3 Å². The standard InChI is InChI=1S/C15H19N3O2/c19-14-2-1-3-15(20)18(14)12-4-5-13(17-10-12)11-6-8-16-9-7-11/h4-5,10-11,16H,1-3,6-9H2. The molecule has 0 aromatic carbocycles. The Bertz CT molecular complexity index is 490. The molecule has 0 spiro atoms. The number of hydrogen-bond donors (Lipinski definition) is 1. The predicted molar refractivity (Wildman–Crippen MR) is 75.4 cm³/mol. The minimum absolute atomic E-state index is 0.113. The van der Waals surface area contributed by atoms with Crippen molar-refractivity contribution in [2.45, 2.75) is 38.0 Å². The summed E-state index contributed by atoms with van der Waals surface area (Å²) in [5, 5.41) is 3.33. The van der Waals surface area contributed by atoms with Gasteiger partial charge in [-0.2, -0.15) is 0 Å². The van der Waals surface area contributed by atoms with Crippen molar-refractivity contribution in [1.29, 1.82) is 0 Å². The average molecular weight is 273 g/mol. The third kappa shape index (κ3) is 2.58. The van der Waals surface area contributed by atoms with Gasteiger partial charge in [0.15, 0.2) is 0 Å². The van der Waals surface area contributed by atoms with Crippen LogP contribution >= 0.6 is 0 Å². The summed E-state index contributed by atoms with van der Waals surface area (Å²) in [4.78, 5) is 29.5. The predicted octanol–water partition coefficient (Wildman–Crippen LogP) is 1.59. The van der Waals surface area contributed by atoms with Gasteiger partial charge in [-0.1, -0.05) is 0 Å². The topological polar surface area (TPSA) is 62.3 Å². The summed E-state index contributed by atoms with van der Waals surface area (Å²) in [6.45, 7) is 2.05. The molecule has 2 aliphatic rings. The minimum Gasteiger partial charge on any atom is -0.317 e. The van der Waals surface area contributed by atoms with Gasteiger partial charge >= 0.3 is 0 Å². The summed E-state index contributed by atoms with van der Waals surface area (Å²) in [5.41, 5.74) is 1.67.